The minimum absolute atomic E-state index is 0.0892. The van der Waals surface area contributed by atoms with Crippen LogP contribution in [0.1, 0.15) is 46.0 Å². The fourth-order valence-corrected chi connectivity index (χ4v) is 3.27. The van der Waals surface area contributed by atoms with Gasteiger partial charge in [0, 0.05) is 13.1 Å². The van der Waals surface area contributed by atoms with Crippen molar-refractivity contribution in [3.63, 3.8) is 0 Å². The van der Waals surface area contributed by atoms with E-state index in [1.807, 2.05) is 0 Å². The SMILES string of the molecule is CCCC1(C(=O)N(CC)CCCN(C)C)CCNCC1. The van der Waals surface area contributed by atoms with Gasteiger partial charge in [0.05, 0.1) is 5.41 Å². The Hall–Kier alpha value is -0.610. The van der Waals surface area contributed by atoms with E-state index < -0.39 is 0 Å². The van der Waals surface area contributed by atoms with Gasteiger partial charge in [0.25, 0.3) is 0 Å². The summed E-state index contributed by atoms with van der Waals surface area (Å²) >= 11 is 0. The van der Waals surface area contributed by atoms with Crippen LogP contribution in [-0.4, -0.2) is 62.5 Å². The molecule has 0 aromatic carbocycles. The Morgan fingerprint density at radius 1 is 1.15 bits per heavy atom. The lowest BCUT2D eigenvalue weighted by molar-refractivity contribution is -0.144. The van der Waals surface area contributed by atoms with Crippen molar-refractivity contribution in [3.8, 4) is 0 Å². The molecule has 1 aliphatic heterocycles. The van der Waals surface area contributed by atoms with Gasteiger partial charge in [0.2, 0.25) is 5.91 Å². The van der Waals surface area contributed by atoms with Crippen LogP contribution < -0.4 is 5.32 Å². The quantitative estimate of drug-likeness (QED) is 0.739. The second-order valence-corrected chi connectivity index (χ2v) is 6.32. The van der Waals surface area contributed by atoms with Gasteiger partial charge in [-0.1, -0.05) is 13.3 Å². The van der Waals surface area contributed by atoms with Crippen LogP contribution in [0.25, 0.3) is 0 Å². The first-order valence-corrected chi connectivity index (χ1v) is 8.20. The van der Waals surface area contributed by atoms with Crippen molar-refractivity contribution in [1.29, 1.82) is 0 Å². The third-order valence-electron chi connectivity index (χ3n) is 4.45. The van der Waals surface area contributed by atoms with E-state index in [0.29, 0.717) is 5.91 Å². The van der Waals surface area contributed by atoms with E-state index in [1.165, 1.54) is 0 Å². The molecule has 0 unspecified atom stereocenters. The van der Waals surface area contributed by atoms with Crippen molar-refractivity contribution >= 4 is 5.91 Å². The molecule has 1 N–H and O–H groups in total. The maximum Gasteiger partial charge on any atom is 0.228 e. The van der Waals surface area contributed by atoms with Crippen molar-refractivity contribution in [1.82, 2.24) is 15.1 Å². The van der Waals surface area contributed by atoms with Crippen molar-refractivity contribution < 1.29 is 4.79 Å². The molecule has 1 amide bonds. The second-order valence-electron chi connectivity index (χ2n) is 6.32. The summed E-state index contributed by atoms with van der Waals surface area (Å²) in [7, 11) is 4.17. The Balaban J connectivity index is 2.65. The van der Waals surface area contributed by atoms with E-state index in [9.17, 15) is 4.79 Å². The molecule has 0 atom stereocenters. The lowest BCUT2D eigenvalue weighted by Gasteiger charge is -2.40. The van der Waals surface area contributed by atoms with Gasteiger partial charge in [-0.2, -0.15) is 0 Å². The molecule has 0 radical (unpaired) electrons. The Labute approximate surface area is 124 Å². The Morgan fingerprint density at radius 2 is 1.80 bits per heavy atom. The van der Waals surface area contributed by atoms with Gasteiger partial charge >= 0.3 is 0 Å². The highest BCUT2D eigenvalue weighted by Gasteiger charge is 2.40. The molecule has 0 aromatic heterocycles. The number of nitrogens with zero attached hydrogens (tertiary/aromatic N) is 2. The average Bonchev–Trinajstić information content (AvgIpc) is 2.44. The smallest absolute Gasteiger partial charge is 0.228 e. The fourth-order valence-electron chi connectivity index (χ4n) is 3.27. The molecule has 1 rings (SSSR count). The number of piperidine rings is 1. The summed E-state index contributed by atoms with van der Waals surface area (Å²) in [5.74, 6) is 0.405. The number of hydrogen-bond donors (Lipinski definition) is 1. The minimum atomic E-state index is -0.0892. The van der Waals surface area contributed by atoms with Gasteiger partial charge in [-0.15, -0.1) is 0 Å². The van der Waals surface area contributed by atoms with Gasteiger partial charge < -0.3 is 15.1 Å². The normalized spacial score (nSPS) is 18.2. The van der Waals surface area contributed by atoms with Crippen LogP contribution >= 0.6 is 0 Å². The van der Waals surface area contributed by atoms with Crippen molar-refractivity contribution in [2.24, 2.45) is 5.41 Å². The molecule has 0 spiro atoms. The van der Waals surface area contributed by atoms with Crippen molar-refractivity contribution in [2.75, 3.05) is 46.8 Å². The van der Waals surface area contributed by atoms with E-state index >= 15 is 0 Å². The molecule has 1 aliphatic rings. The summed E-state index contributed by atoms with van der Waals surface area (Å²) < 4.78 is 0. The number of hydrogen-bond acceptors (Lipinski definition) is 3. The zero-order valence-corrected chi connectivity index (χ0v) is 13.9. The maximum atomic E-state index is 13.0. The van der Waals surface area contributed by atoms with Gasteiger partial charge in [0.1, 0.15) is 0 Å². The molecule has 20 heavy (non-hydrogen) atoms. The van der Waals surface area contributed by atoms with Crippen LogP contribution in [0.5, 0.6) is 0 Å². The largest absolute Gasteiger partial charge is 0.342 e. The lowest BCUT2D eigenvalue weighted by Crippen LogP contribution is -2.49. The van der Waals surface area contributed by atoms with Gasteiger partial charge in [-0.3, -0.25) is 4.79 Å². The molecule has 0 aliphatic carbocycles. The zero-order chi connectivity index (χ0) is 15.0. The van der Waals surface area contributed by atoms with Crippen molar-refractivity contribution in [2.45, 2.75) is 46.0 Å². The predicted molar refractivity (Wildman–Crippen MR) is 84.9 cm³/mol. The van der Waals surface area contributed by atoms with Crippen molar-refractivity contribution in [3.05, 3.63) is 0 Å². The maximum absolute atomic E-state index is 13.0. The molecule has 1 heterocycles. The Bertz CT molecular complexity index is 280. The number of rotatable bonds is 8. The first kappa shape index (κ1) is 17.4. The molecule has 4 heteroatoms. The van der Waals surface area contributed by atoms with Crippen LogP contribution in [0.3, 0.4) is 0 Å². The number of carbonyl (C=O) groups is 1. The second kappa shape index (κ2) is 8.63. The summed E-state index contributed by atoms with van der Waals surface area (Å²) in [6.07, 6.45) is 5.21. The summed E-state index contributed by atoms with van der Waals surface area (Å²) in [6, 6.07) is 0. The van der Waals surface area contributed by atoms with E-state index in [4.69, 9.17) is 0 Å². The minimum Gasteiger partial charge on any atom is -0.342 e. The molecule has 1 saturated heterocycles. The summed E-state index contributed by atoms with van der Waals surface area (Å²) in [5, 5.41) is 3.39. The molecule has 0 bridgehead atoms. The summed E-state index contributed by atoms with van der Waals surface area (Å²) in [4.78, 5) is 17.3. The number of nitrogens with one attached hydrogen (secondary N) is 1. The molecule has 118 valence electrons. The van der Waals surface area contributed by atoms with Gasteiger partial charge in [-0.25, -0.2) is 0 Å². The van der Waals surface area contributed by atoms with Crippen LogP contribution in [0.4, 0.5) is 0 Å². The molecular formula is C16H33N3O. The summed E-state index contributed by atoms with van der Waals surface area (Å²) in [6.45, 7) is 9.05. The van der Waals surface area contributed by atoms with Crippen LogP contribution in [0.15, 0.2) is 0 Å². The monoisotopic (exact) mass is 283 g/mol. The molecule has 1 fully saturated rings. The topological polar surface area (TPSA) is 35.6 Å². The molecule has 0 saturated carbocycles. The van der Waals surface area contributed by atoms with Crippen LogP contribution in [0.2, 0.25) is 0 Å². The summed E-state index contributed by atoms with van der Waals surface area (Å²) in [5.41, 5.74) is -0.0892. The van der Waals surface area contributed by atoms with Crippen LogP contribution in [0, 0.1) is 5.41 Å². The standard InChI is InChI=1S/C16H33N3O/c1-5-8-16(9-11-17-12-10-16)15(20)19(6-2)14-7-13-18(3)4/h17H,5-14H2,1-4H3. The van der Waals surface area contributed by atoms with E-state index in [0.717, 1.165) is 64.8 Å². The van der Waals surface area contributed by atoms with Gasteiger partial charge in [0.15, 0.2) is 0 Å². The zero-order valence-electron chi connectivity index (χ0n) is 13.9. The highest BCUT2D eigenvalue weighted by Crippen LogP contribution is 2.36. The molecule has 4 nitrogen and oxygen atoms in total. The lowest BCUT2D eigenvalue weighted by atomic mass is 9.74. The first-order chi connectivity index (χ1) is 9.55. The highest BCUT2D eigenvalue weighted by molar-refractivity contribution is 5.83. The Kier molecular flexibility index (Phi) is 7.52. The fraction of sp³-hybridized carbons (Fsp3) is 0.938. The van der Waals surface area contributed by atoms with E-state index in [2.05, 4.69) is 43.1 Å². The van der Waals surface area contributed by atoms with E-state index in [-0.39, 0.29) is 5.41 Å². The highest BCUT2D eigenvalue weighted by atomic mass is 16.2. The third kappa shape index (κ3) is 4.74. The Morgan fingerprint density at radius 3 is 2.30 bits per heavy atom. The first-order valence-electron chi connectivity index (χ1n) is 8.20. The van der Waals surface area contributed by atoms with Gasteiger partial charge in [-0.05, 0) is 66.3 Å². The van der Waals surface area contributed by atoms with E-state index in [1.54, 1.807) is 0 Å². The number of amides is 1. The molecular weight excluding hydrogens is 250 g/mol. The molecule has 0 aromatic rings. The van der Waals surface area contributed by atoms with Crippen LogP contribution in [-0.2, 0) is 4.79 Å². The third-order valence-corrected chi connectivity index (χ3v) is 4.45. The number of carbonyl (C=O) groups excluding carboxylic acids is 1. The predicted octanol–water partition coefficient (Wildman–Crippen LogP) is 1.96. The average molecular weight is 283 g/mol.